The minimum Gasteiger partial charge on any atom is -0.484 e. The molecule has 124 valence electrons. The van der Waals surface area contributed by atoms with Crippen molar-refractivity contribution in [2.45, 2.75) is 13.0 Å². The van der Waals surface area contributed by atoms with Gasteiger partial charge in [0, 0.05) is 24.2 Å². The van der Waals surface area contributed by atoms with Crippen LogP contribution in [-0.2, 0) is 17.8 Å². The Bertz CT molecular complexity index is 816. The van der Waals surface area contributed by atoms with Gasteiger partial charge in [-0.05, 0) is 12.1 Å². The molecule has 2 aromatic rings. The number of ketones is 1. The lowest BCUT2D eigenvalue weighted by atomic mass is 10.1. The summed E-state index contributed by atoms with van der Waals surface area (Å²) in [4.78, 5) is 27.4. The maximum Gasteiger partial charge on any atom is 0.270 e. The van der Waals surface area contributed by atoms with Crippen LogP contribution < -0.4 is 10.1 Å². The van der Waals surface area contributed by atoms with Crippen molar-refractivity contribution in [3.8, 4) is 5.75 Å². The summed E-state index contributed by atoms with van der Waals surface area (Å²) in [7, 11) is 0. The highest BCUT2D eigenvalue weighted by molar-refractivity contribution is 5.93. The molecule has 1 aliphatic heterocycles. The fraction of sp³-hybridized carbons (Fsp3) is 0.188. The molecule has 0 atom stereocenters. The van der Waals surface area contributed by atoms with E-state index in [-0.39, 0.29) is 24.5 Å². The molecule has 0 radical (unpaired) electrons. The van der Waals surface area contributed by atoms with Crippen LogP contribution in [0, 0.1) is 17.5 Å². The molecule has 1 aromatic heterocycles. The van der Waals surface area contributed by atoms with Gasteiger partial charge in [0.15, 0.2) is 5.78 Å². The fourth-order valence-corrected chi connectivity index (χ4v) is 2.27. The topological polar surface area (TPSA) is 68.3 Å². The standard InChI is InChI=1S/C16H11F3N2O3/c17-8-3-11(18)10(12(19)4-8)6-20-16(23)13-1-2-15-14(21-13)5-9(22)7-24-15/h1-4H,5-7H2,(H,20,23). The van der Waals surface area contributed by atoms with Gasteiger partial charge in [-0.2, -0.15) is 0 Å². The Hall–Kier alpha value is -2.90. The predicted molar refractivity (Wildman–Crippen MR) is 75.9 cm³/mol. The number of nitrogens with one attached hydrogen (secondary N) is 1. The Labute approximate surface area is 134 Å². The number of benzene rings is 1. The van der Waals surface area contributed by atoms with Crippen LogP contribution in [0.3, 0.4) is 0 Å². The Morgan fingerprint density at radius 3 is 2.62 bits per heavy atom. The number of pyridine rings is 1. The molecule has 1 aromatic carbocycles. The third-order valence-electron chi connectivity index (χ3n) is 3.45. The molecule has 1 aliphatic rings. The molecule has 0 saturated heterocycles. The van der Waals surface area contributed by atoms with E-state index >= 15 is 0 Å². The van der Waals surface area contributed by atoms with Gasteiger partial charge in [0.1, 0.15) is 35.5 Å². The Morgan fingerprint density at radius 2 is 1.92 bits per heavy atom. The smallest absolute Gasteiger partial charge is 0.270 e. The highest BCUT2D eigenvalue weighted by atomic mass is 19.1. The van der Waals surface area contributed by atoms with Gasteiger partial charge in [0.2, 0.25) is 0 Å². The summed E-state index contributed by atoms with van der Waals surface area (Å²) in [6, 6.07) is 3.94. The number of Topliss-reactive ketones (excluding diaryl/α,β-unsaturated/α-hetero) is 1. The van der Waals surface area contributed by atoms with E-state index in [2.05, 4.69) is 10.3 Å². The van der Waals surface area contributed by atoms with E-state index in [1.54, 1.807) is 0 Å². The molecule has 0 spiro atoms. The van der Waals surface area contributed by atoms with E-state index < -0.39 is 35.5 Å². The summed E-state index contributed by atoms with van der Waals surface area (Å²) in [6.07, 6.45) is 0.0532. The molecule has 0 bridgehead atoms. The number of fused-ring (bicyclic) bond motifs is 1. The molecule has 1 amide bonds. The average molecular weight is 336 g/mol. The van der Waals surface area contributed by atoms with Gasteiger partial charge in [-0.25, -0.2) is 18.2 Å². The van der Waals surface area contributed by atoms with Crippen LogP contribution in [0.4, 0.5) is 13.2 Å². The second-order valence-corrected chi connectivity index (χ2v) is 5.18. The largest absolute Gasteiger partial charge is 0.484 e. The van der Waals surface area contributed by atoms with Crippen molar-refractivity contribution in [2.75, 3.05) is 6.61 Å². The van der Waals surface area contributed by atoms with Crippen molar-refractivity contribution < 1.29 is 27.5 Å². The lowest BCUT2D eigenvalue weighted by molar-refractivity contribution is -0.121. The Kier molecular flexibility index (Phi) is 4.20. The molecule has 5 nitrogen and oxygen atoms in total. The second kappa shape index (κ2) is 6.31. The normalized spacial score (nSPS) is 13.2. The van der Waals surface area contributed by atoms with Crippen molar-refractivity contribution >= 4 is 11.7 Å². The van der Waals surface area contributed by atoms with E-state index in [9.17, 15) is 22.8 Å². The van der Waals surface area contributed by atoms with Crippen molar-refractivity contribution in [3.63, 3.8) is 0 Å². The van der Waals surface area contributed by atoms with Crippen molar-refractivity contribution in [1.29, 1.82) is 0 Å². The highest BCUT2D eigenvalue weighted by Gasteiger charge is 2.20. The first-order valence-electron chi connectivity index (χ1n) is 7.00. The molecule has 2 heterocycles. The van der Waals surface area contributed by atoms with Crippen LogP contribution >= 0.6 is 0 Å². The van der Waals surface area contributed by atoms with Crippen LogP contribution in [0.5, 0.6) is 5.75 Å². The van der Waals surface area contributed by atoms with Crippen LogP contribution in [0.15, 0.2) is 24.3 Å². The van der Waals surface area contributed by atoms with Crippen LogP contribution in [0.2, 0.25) is 0 Å². The van der Waals surface area contributed by atoms with Gasteiger partial charge in [-0.3, -0.25) is 9.59 Å². The summed E-state index contributed by atoms with van der Waals surface area (Å²) in [5.74, 6) is -3.65. The maximum absolute atomic E-state index is 13.5. The van der Waals surface area contributed by atoms with E-state index in [1.165, 1.54) is 12.1 Å². The van der Waals surface area contributed by atoms with Gasteiger partial charge in [0.05, 0.1) is 12.1 Å². The Morgan fingerprint density at radius 1 is 1.21 bits per heavy atom. The van der Waals surface area contributed by atoms with Crippen molar-refractivity contribution in [3.05, 3.63) is 58.7 Å². The minimum atomic E-state index is -1.09. The monoisotopic (exact) mass is 336 g/mol. The zero-order valence-electron chi connectivity index (χ0n) is 12.2. The van der Waals surface area contributed by atoms with Gasteiger partial charge >= 0.3 is 0 Å². The van der Waals surface area contributed by atoms with Crippen LogP contribution in [0.25, 0.3) is 0 Å². The van der Waals surface area contributed by atoms with Gasteiger partial charge in [-0.15, -0.1) is 0 Å². The lowest BCUT2D eigenvalue weighted by Crippen LogP contribution is -2.27. The first kappa shape index (κ1) is 16.0. The number of carbonyl (C=O) groups is 2. The molecule has 0 fully saturated rings. The molecule has 0 unspecified atom stereocenters. The number of rotatable bonds is 3. The van der Waals surface area contributed by atoms with E-state index in [0.29, 0.717) is 23.6 Å². The Balaban J connectivity index is 1.74. The van der Waals surface area contributed by atoms with E-state index in [0.717, 1.165) is 0 Å². The molecular weight excluding hydrogens is 325 g/mol. The van der Waals surface area contributed by atoms with Crippen LogP contribution in [-0.4, -0.2) is 23.3 Å². The number of ether oxygens (including phenoxy) is 1. The number of aromatic nitrogens is 1. The summed E-state index contributed by atoms with van der Waals surface area (Å²) in [6.45, 7) is -0.506. The number of carbonyl (C=O) groups excluding carboxylic acids is 2. The third-order valence-corrected chi connectivity index (χ3v) is 3.45. The number of amides is 1. The molecule has 3 rings (SSSR count). The third kappa shape index (κ3) is 3.22. The van der Waals surface area contributed by atoms with E-state index in [4.69, 9.17) is 4.74 Å². The van der Waals surface area contributed by atoms with E-state index in [1.807, 2.05) is 0 Å². The number of hydrogen-bond donors (Lipinski definition) is 1. The molecule has 8 heteroatoms. The lowest BCUT2D eigenvalue weighted by Gasteiger charge is -2.16. The average Bonchev–Trinajstić information content (AvgIpc) is 2.52. The number of halogens is 3. The van der Waals surface area contributed by atoms with Crippen LogP contribution in [0.1, 0.15) is 21.7 Å². The van der Waals surface area contributed by atoms with Crippen molar-refractivity contribution in [1.82, 2.24) is 10.3 Å². The van der Waals surface area contributed by atoms with Gasteiger partial charge in [-0.1, -0.05) is 0 Å². The van der Waals surface area contributed by atoms with Crippen molar-refractivity contribution in [2.24, 2.45) is 0 Å². The fourth-order valence-electron chi connectivity index (χ4n) is 2.27. The number of nitrogens with zero attached hydrogens (tertiary/aromatic N) is 1. The highest BCUT2D eigenvalue weighted by Crippen LogP contribution is 2.21. The summed E-state index contributed by atoms with van der Waals surface area (Å²) in [5, 5.41) is 2.30. The SMILES string of the molecule is O=C1COc2ccc(C(=O)NCc3c(F)cc(F)cc3F)nc2C1. The predicted octanol–water partition coefficient (Wildman–Crippen LogP) is 1.93. The summed E-state index contributed by atoms with van der Waals surface area (Å²) < 4.78 is 45.1. The summed E-state index contributed by atoms with van der Waals surface area (Å²) in [5.41, 5.74) is -0.144. The van der Waals surface area contributed by atoms with Gasteiger partial charge in [0.25, 0.3) is 5.91 Å². The molecule has 1 N–H and O–H groups in total. The zero-order valence-corrected chi connectivity index (χ0v) is 12.2. The maximum atomic E-state index is 13.5. The quantitative estimate of drug-likeness (QED) is 0.930. The number of hydrogen-bond acceptors (Lipinski definition) is 4. The molecule has 24 heavy (non-hydrogen) atoms. The first-order valence-corrected chi connectivity index (χ1v) is 7.00. The molecule has 0 aliphatic carbocycles. The zero-order chi connectivity index (χ0) is 17.3. The molecule has 0 saturated carbocycles. The van der Waals surface area contributed by atoms with Gasteiger partial charge < -0.3 is 10.1 Å². The molecular formula is C16H11F3N2O3. The minimum absolute atomic E-state index is 0.0185. The summed E-state index contributed by atoms with van der Waals surface area (Å²) >= 11 is 0. The second-order valence-electron chi connectivity index (χ2n) is 5.18. The first-order chi connectivity index (χ1) is 11.4.